The van der Waals surface area contributed by atoms with Gasteiger partial charge in [-0.25, -0.2) is 0 Å². The molecule has 1 N–H and O–H groups in total. The molecule has 0 unspecified atom stereocenters. The van der Waals surface area contributed by atoms with Crippen molar-refractivity contribution < 1.29 is 5.21 Å². The van der Waals surface area contributed by atoms with Crippen LogP contribution >= 0.6 is 23.4 Å². The van der Waals surface area contributed by atoms with Crippen molar-refractivity contribution in [3.8, 4) is 11.3 Å². The van der Waals surface area contributed by atoms with E-state index in [2.05, 4.69) is 15.2 Å². The van der Waals surface area contributed by atoms with Crippen LogP contribution < -0.4 is 0 Å². The van der Waals surface area contributed by atoms with E-state index < -0.39 is 0 Å². The average molecular weight is 359 g/mol. The van der Waals surface area contributed by atoms with Gasteiger partial charge in [0, 0.05) is 35.8 Å². The van der Waals surface area contributed by atoms with E-state index in [1.54, 1.807) is 28.8 Å². The van der Waals surface area contributed by atoms with Crippen LogP contribution in [-0.4, -0.2) is 26.2 Å². The predicted octanol–water partition coefficient (Wildman–Crippen LogP) is 4.24. The summed E-state index contributed by atoms with van der Waals surface area (Å²) in [7, 11) is 1.87. The number of halogens is 1. The molecule has 0 saturated heterocycles. The Kier molecular flexibility index (Phi) is 5.17. The first-order valence-electron chi connectivity index (χ1n) is 7.21. The molecule has 0 spiro atoms. The molecule has 2 aromatic heterocycles. The second-order valence-corrected chi connectivity index (χ2v) is 6.42. The Balaban J connectivity index is 1.96. The average Bonchev–Trinajstić information content (AvgIpc) is 2.91. The van der Waals surface area contributed by atoms with Crippen molar-refractivity contribution >= 4 is 29.6 Å². The number of pyridine rings is 1. The van der Waals surface area contributed by atoms with Crippen molar-refractivity contribution in [1.29, 1.82) is 0 Å². The highest BCUT2D eigenvalue weighted by Gasteiger charge is 2.17. The maximum Gasteiger partial charge on any atom is 0.104 e. The molecule has 5 nitrogen and oxygen atoms in total. The number of hydrogen-bond donors (Lipinski definition) is 1. The lowest BCUT2D eigenvalue weighted by atomic mass is 10.1. The van der Waals surface area contributed by atoms with E-state index in [1.807, 2.05) is 43.4 Å². The summed E-state index contributed by atoms with van der Waals surface area (Å²) >= 11 is 7.82. The first kappa shape index (κ1) is 16.5. The van der Waals surface area contributed by atoms with Crippen molar-refractivity contribution in [2.24, 2.45) is 12.2 Å². The predicted molar refractivity (Wildman–Crippen MR) is 96.8 cm³/mol. The van der Waals surface area contributed by atoms with Gasteiger partial charge in [0.2, 0.25) is 0 Å². The van der Waals surface area contributed by atoms with Crippen molar-refractivity contribution in [2.45, 2.75) is 10.8 Å². The summed E-state index contributed by atoms with van der Waals surface area (Å²) < 4.78 is 1.79. The van der Waals surface area contributed by atoms with Gasteiger partial charge in [0.05, 0.1) is 11.8 Å². The molecule has 0 radical (unpaired) electrons. The Morgan fingerprint density at radius 2 is 2.00 bits per heavy atom. The van der Waals surface area contributed by atoms with Crippen LogP contribution in [0.5, 0.6) is 0 Å². The molecule has 2 heterocycles. The number of rotatable bonds is 5. The lowest BCUT2D eigenvalue weighted by molar-refractivity contribution is 0.321. The van der Waals surface area contributed by atoms with Crippen LogP contribution in [0.3, 0.4) is 0 Å². The van der Waals surface area contributed by atoms with Crippen LogP contribution in [0.4, 0.5) is 0 Å². The van der Waals surface area contributed by atoms with Gasteiger partial charge in [0.25, 0.3) is 0 Å². The first-order chi connectivity index (χ1) is 11.7. The molecule has 3 rings (SSSR count). The summed E-state index contributed by atoms with van der Waals surface area (Å²) in [6.07, 6.45) is 4.83. The third kappa shape index (κ3) is 3.44. The van der Waals surface area contributed by atoms with Crippen LogP contribution in [0.2, 0.25) is 5.02 Å². The van der Waals surface area contributed by atoms with E-state index in [-0.39, 0.29) is 0 Å². The number of hydrogen-bond acceptors (Lipinski definition) is 5. The molecular weight excluding hydrogens is 344 g/mol. The molecule has 0 aliphatic rings. The van der Waals surface area contributed by atoms with Crippen LogP contribution in [-0.2, 0) is 12.8 Å². The Labute approximate surface area is 149 Å². The van der Waals surface area contributed by atoms with Gasteiger partial charge < -0.3 is 5.21 Å². The van der Waals surface area contributed by atoms with Crippen LogP contribution in [0, 0.1) is 0 Å². The summed E-state index contributed by atoms with van der Waals surface area (Å²) in [5, 5.41) is 18.5. The summed E-state index contributed by atoms with van der Waals surface area (Å²) in [5.41, 5.74) is 3.48. The van der Waals surface area contributed by atoms with Crippen molar-refractivity contribution in [3.05, 3.63) is 64.9 Å². The van der Waals surface area contributed by atoms with Crippen LogP contribution in [0.25, 0.3) is 11.3 Å². The number of aromatic nitrogens is 3. The molecule has 0 aliphatic heterocycles. The van der Waals surface area contributed by atoms with Crippen LogP contribution in [0.1, 0.15) is 11.1 Å². The Morgan fingerprint density at radius 1 is 1.25 bits per heavy atom. The fourth-order valence-electron chi connectivity index (χ4n) is 2.35. The zero-order valence-electron chi connectivity index (χ0n) is 12.9. The van der Waals surface area contributed by atoms with Gasteiger partial charge in [-0.2, -0.15) is 5.10 Å². The van der Waals surface area contributed by atoms with Crippen LogP contribution in [0.15, 0.2) is 59.0 Å². The third-order valence-electron chi connectivity index (χ3n) is 3.49. The van der Waals surface area contributed by atoms with Gasteiger partial charge >= 0.3 is 0 Å². The van der Waals surface area contributed by atoms with Gasteiger partial charge in [-0.05, 0) is 23.8 Å². The zero-order chi connectivity index (χ0) is 16.9. The summed E-state index contributed by atoms with van der Waals surface area (Å²) in [4.78, 5) is 4.02. The number of thioether (sulfide) groups is 1. The third-order valence-corrected chi connectivity index (χ3v) is 5.07. The van der Waals surface area contributed by atoms with Gasteiger partial charge in [-0.1, -0.05) is 35.0 Å². The molecule has 24 heavy (non-hydrogen) atoms. The first-order valence-corrected chi connectivity index (χ1v) is 8.58. The molecule has 0 amide bonds. The minimum absolute atomic E-state index is 0.696. The highest BCUT2D eigenvalue weighted by atomic mass is 35.5. The maximum atomic E-state index is 9.04. The molecule has 0 aliphatic carbocycles. The van der Waals surface area contributed by atoms with Gasteiger partial charge in [-0.15, -0.1) is 11.8 Å². The smallest absolute Gasteiger partial charge is 0.104 e. The highest BCUT2D eigenvalue weighted by Crippen LogP contribution is 2.33. The second-order valence-electron chi connectivity index (χ2n) is 5.05. The monoisotopic (exact) mass is 358 g/mol. The van der Waals surface area contributed by atoms with Gasteiger partial charge in [-0.3, -0.25) is 9.67 Å². The number of nitrogens with zero attached hydrogens (tertiary/aromatic N) is 4. The molecular formula is C17H15ClN4OS. The molecule has 122 valence electrons. The summed E-state index contributed by atoms with van der Waals surface area (Å²) in [6, 6.07) is 11.5. The largest absolute Gasteiger partial charge is 0.411 e. The van der Waals surface area contributed by atoms with E-state index in [0.717, 1.165) is 32.4 Å². The Morgan fingerprint density at radius 3 is 2.71 bits per heavy atom. The van der Waals surface area contributed by atoms with E-state index in [1.165, 1.54) is 6.21 Å². The van der Waals surface area contributed by atoms with Gasteiger partial charge in [0.15, 0.2) is 0 Å². The van der Waals surface area contributed by atoms with Crippen molar-refractivity contribution in [3.63, 3.8) is 0 Å². The topological polar surface area (TPSA) is 63.3 Å². The molecule has 0 saturated carbocycles. The Bertz CT molecular complexity index is 864. The van der Waals surface area contributed by atoms with E-state index in [0.29, 0.717) is 5.75 Å². The molecule has 0 atom stereocenters. The molecule has 7 heteroatoms. The maximum absolute atomic E-state index is 9.04. The number of benzene rings is 1. The van der Waals surface area contributed by atoms with Crippen molar-refractivity contribution in [1.82, 2.24) is 14.8 Å². The van der Waals surface area contributed by atoms with E-state index >= 15 is 0 Å². The second kappa shape index (κ2) is 7.51. The molecule has 1 aromatic carbocycles. The Hall–Kier alpha value is -2.31. The minimum Gasteiger partial charge on any atom is -0.411 e. The molecule has 0 bridgehead atoms. The van der Waals surface area contributed by atoms with E-state index in [4.69, 9.17) is 16.8 Å². The number of aryl methyl sites for hydroxylation is 1. The quantitative estimate of drug-likeness (QED) is 0.321. The van der Waals surface area contributed by atoms with E-state index in [9.17, 15) is 0 Å². The standard InChI is InChI=1S/C17H15ClN4OS/c1-22-17(24-11-13-4-2-3-5-15(13)18)14(10-20-23)16(21-22)12-6-8-19-9-7-12/h2-10,23H,11H2,1H3/b20-10+. The minimum atomic E-state index is 0.696. The fraction of sp³-hybridized carbons (Fsp3) is 0.118. The molecule has 0 fully saturated rings. The lowest BCUT2D eigenvalue weighted by Gasteiger charge is -2.05. The fourth-order valence-corrected chi connectivity index (χ4v) is 3.71. The molecule has 3 aromatic rings. The highest BCUT2D eigenvalue weighted by molar-refractivity contribution is 7.98. The van der Waals surface area contributed by atoms with Crippen molar-refractivity contribution in [2.75, 3.05) is 0 Å². The zero-order valence-corrected chi connectivity index (χ0v) is 14.5. The summed E-state index contributed by atoms with van der Waals surface area (Å²) in [5.74, 6) is 0.696. The lowest BCUT2D eigenvalue weighted by Crippen LogP contribution is -1.94. The summed E-state index contributed by atoms with van der Waals surface area (Å²) in [6.45, 7) is 0. The number of oxime groups is 1. The van der Waals surface area contributed by atoms with Gasteiger partial charge in [0.1, 0.15) is 10.7 Å². The normalized spacial score (nSPS) is 11.2. The SMILES string of the molecule is Cn1nc(-c2ccncc2)c(/C=N/O)c1SCc1ccccc1Cl.